The molecule has 22 heavy (non-hydrogen) atoms. The van der Waals surface area contributed by atoms with Crippen molar-refractivity contribution in [3.63, 3.8) is 0 Å². The van der Waals surface area contributed by atoms with Gasteiger partial charge in [0, 0.05) is 19.5 Å². The summed E-state index contributed by atoms with van der Waals surface area (Å²) < 4.78 is 10.9. The fourth-order valence-electron chi connectivity index (χ4n) is 2.77. The van der Waals surface area contributed by atoms with Gasteiger partial charge in [-0.3, -0.25) is 4.79 Å². The van der Waals surface area contributed by atoms with Crippen LogP contribution in [0.15, 0.2) is 30.3 Å². The molecule has 0 unspecified atom stereocenters. The lowest BCUT2D eigenvalue weighted by Gasteiger charge is -2.31. The van der Waals surface area contributed by atoms with E-state index in [1.807, 2.05) is 25.1 Å². The Hall–Kier alpha value is -1.39. The van der Waals surface area contributed by atoms with Crippen molar-refractivity contribution < 1.29 is 14.3 Å². The lowest BCUT2D eigenvalue weighted by molar-refractivity contribution is -0.143. The molecule has 1 aliphatic rings. The number of carbonyl (C=O) groups is 1. The van der Waals surface area contributed by atoms with Crippen molar-refractivity contribution in [1.82, 2.24) is 4.90 Å². The fourth-order valence-corrected chi connectivity index (χ4v) is 2.77. The average Bonchev–Trinajstić information content (AvgIpc) is 2.55. The Labute approximate surface area is 133 Å². The van der Waals surface area contributed by atoms with E-state index in [-0.39, 0.29) is 5.97 Å². The van der Waals surface area contributed by atoms with Gasteiger partial charge in [0.15, 0.2) is 0 Å². The number of nitrogens with zero attached hydrogens (tertiary/aromatic N) is 1. The number of hydrogen-bond acceptors (Lipinski definition) is 4. The first kappa shape index (κ1) is 17.0. The SMILES string of the molecule is CCOC(=O)CCCN1CCC(OCc2ccccc2)CC1. The zero-order valence-corrected chi connectivity index (χ0v) is 13.5. The predicted octanol–water partition coefficient (Wildman–Crippen LogP) is 3.01. The topological polar surface area (TPSA) is 38.8 Å². The number of carbonyl (C=O) groups excluding carboxylic acids is 1. The molecule has 4 nitrogen and oxygen atoms in total. The van der Waals surface area contributed by atoms with Crippen molar-refractivity contribution in [2.24, 2.45) is 0 Å². The molecule has 1 fully saturated rings. The van der Waals surface area contributed by atoms with Crippen molar-refractivity contribution >= 4 is 5.97 Å². The van der Waals surface area contributed by atoms with Crippen LogP contribution in [0.4, 0.5) is 0 Å². The summed E-state index contributed by atoms with van der Waals surface area (Å²) in [5.74, 6) is -0.0800. The molecule has 0 N–H and O–H groups in total. The summed E-state index contributed by atoms with van der Waals surface area (Å²) >= 11 is 0. The quantitative estimate of drug-likeness (QED) is 0.692. The van der Waals surface area contributed by atoms with Crippen LogP contribution >= 0.6 is 0 Å². The van der Waals surface area contributed by atoms with E-state index in [1.165, 1.54) is 5.56 Å². The summed E-state index contributed by atoms with van der Waals surface area (Å²) in [6.45, 7) is 6.12. The largest absolute Gasteiger partial charge is 0.466 e. The highest BCUT2D eigenvalue weighted by Crippen LogP contribution is 2.16. The van der Waals surface area contributed by atoms with Crippen LogP contribution < -0.4 is 0 Å². The number of esters is 1. The molecule has 4 heteroatoms. The standard InChI is InChI=1S/C18H27NO3/c1-2-21-18(20)9-6-12-19-13-10-17(11-14-19)22-15-16-7-4-3-5-8-16/h3-5,7-8,17H,2,6,9-15H2,1H3. The summed E-state index contributed by atoms with van der Waals surface area (Å²) in [6.07, 6.45) is 3.92. The minimum atomic E-state index is -0.0800. The Bertz CT molecular complexity index is 427. The first-order chi connectivity index (χ1) is 10.8. The third-order valence-corrected chi connectivity index (χ3v) is 4.02. The molecule has 122 valence electrons. The van der Waals surface area contributed by atoms with E-state index in [2.05, 4.69) is 17.0 Å². The van der Waals surface area contributed by atoms with Gasteiger partial charge in [-0.05, 0) is 38.3 Å². The summed E-state index contributed by atoms with van der Waals surface area (Å²) in [5, 5.41) is 0. The van der Waals surface area contributed by atoms with E-state index < -0.39 is 0 Å². The number of hydrogen-bond donors (Lipinski definition) is 0. The monoisotopic (exact) mass is 305 g/mol. The van der Waals surface area contributed by atoms with Gasteiger partial charge in [-0.25, -0.2) is 0 Å². The van der Waals surface area contributed by atoms with Crippen LogP contribution in [0.1, 0.15) is 38.2 Å². The van der Waals surface area contributed by atoms with Crippen LogP contribution in [0.2, 0.25) is 0 Å². The molecule has 1 aromatic carbocycles. The van der Waals surface area contributed by atoms with E-state index in [4.69, 9.17) is 9.47 Å². The molecule has 1 heterocycles. The number of ether oxygens (including phenoxy) is 2. The number of rotatable bonds is 8. The van der Waals surface area contributed by atoms with Crippen LogP contribution in [0, 0.1) is 0 Å². The zero-order valence-electron chi connectivity index (χ0n) is 13.5. The van der Waals surface area contributed by atoms with Gasteiger partial charge >= 0.3 is 5.97 Å². The zero-order chi connectivity index (χ0) is 15.6. The molecule has 0 saturated carbocycles. The summed E-state index contributed by atoms with van der Waals surface area (Å²) in [7, 11) is 0. The van der Waals surface area contributed by atoms with Crippen LogP contribution in [0.5, 0.6) is 0 Å². The van der Waals surface area contributed by atoms with Crippen molar-refractivity contribution in [1.29, 1.82) is 0 Å². The third-order valence-electron chi connectivity index (χ3n) is 4.02. The Morgan fingerprint density at radius 2 is 1.95 bits per heavy atom. The van der Waals surface area contributed by atoms with Gasteiger partial charge in [0.25, 0.3) is 0 Å². The van der Waals surface area contributed by atoms with E-state index in [1.54, 1.807) is 0 Å². The van der Waals surface area contributed by atoms with Crippen LogP contribution in [-0.4, -0.2) is 43.2 Å². The van der Waals surface area contributed by atoms with Crippen molar-refractivity contribution in [3.8, 4) is 0 Å². The maximum Gasteiger partial charge on any atom is 0.305 e. The molecule has 0 amide bonds. The minimum absolute atomic E-state index is 0.0800. The predicted molar refractivity (Wildman–Crippen MR) is 86.6 cm³/mol. The lowest BCUT2D eigenvalue weighted by atomic mass is 10.1. The second-order valence-corrected chi connectivity index (χ2v) is 5.75. The van der Waals surface area contributed by atoms with Crippen molar-refractivity contribution in [2.75, 3.05) is 26.2 Å². The second kappa shape index (κ2) is 9.59. The fraction of sp³-hybridized carbons (Fsp3) is 0.611. The first-order valence-electron chi connectivity index (χ1n) is 8.31. The maximum atomic E-state index is 11.3. The van der Waals surface area contributed by atoms with E-state index in [9.17, 15) is 4.79 Å². The molecule has 0 aliphatic carbocycles. The van der Waals surface area contributed by atoms with Crippen LogP contribution in [0.25, 0.3) is 0 Å². The van der Waals surface area contributed by atoms with Crippen molar-refractivity contribution in [3.05, 3.63) is 35.9 Å². The molecule has 0 bridgehead atoms. The Balaban J connectivity index is 1.57. The maximum absolute atomic E-state index is 11.3. The molecule has 0 aromatic heterocycles. The molecule has 1 saturated heterocycles. The number of benzene rings is 1. The third kappa shape index (κ3) is 6.16. The number of piperidine rings is 1. The van der Waals surface area contributed by atoms with E-state index in [0.717, 1.165) is 38.9 Å². The average molecular weight is 305 g/mol. The highest BCUT2D eigenvalue weighted by atomic mass is 16.5. The normalized spacial score (nSPS) is 16.6. The molecule has 0 radical (unpaired) electrons. The van der Waals surface area contributed by atoms with Crippen LogP contribution in [0.3, 0.4) is 0 Å². The molecule has 0 atom stereocenters. The van der Waals surface area contributed by atoms with Gasteiger partial charge in [-0.15, -0.1) is 0 Å². The van der Waals surface area contributed by atoms with E-state index in [0.29, 0.717) is 25.7 Å². The van der Waals surface area contributed by atoms with Gasteiger partial charge in [0.1, 0.15) is 0 Å². The summed E-state index contributed by atoms with van der Waals surface area (Å²) in [6, 6.07) is 10.3. The van der Waals surface area contributed by atoms with Crippen LogP contribution in [-0.2, 0) is 20.9 Å². The molecule has 1 aromatic rings. The number of likely N-dealkylation sites (tertiary alicyclic amines) is 1. The summed E-state index contributed by atoms with van der Waals surface area (Å²) in [5.41, 5.74) is 1.24. The molecule has 0 spiro atoms. The van der Waals surface area contributed by atoms with Gasteiger partial charge in [-0.2, -0.15) is 0 Å². The van der Waals surface area contributed by atoms with Gasteiger partial charge in [-0.1, -0.05) is 30.3 Å². The van der Waals surface area contributed by atoms with Gasteiger partial charge in [0.2, 0.25) is 0 Å². The van der Waals surface area contributed by atoms with Gasteiger partial charge < -0.3 is 14.4 Å². The Morgan fingerprint density at radius 1 is 1.23 bits per heavy atom. The molecular weight excluding hydrogens is 278 g/mol. The second-order valence-electron chi connectivity index (χ2n) is 5.75. The van der Waals surface area contributed by atoms with Gasteiger partial charge in [0.05, 0.1) is 19.3 Å². The molecule has 1 aliphatic heterocycles. The first-order valence-corrected chi connectivity index (χ1v) is 8.31. The highest BCUT2D eigenvalue weighted by molar-refractivity contribution is 5.69. The highest BCUT2D eigenvalue weighted by Gasteiger charge is 2.19. The van der Waals surface area contributed by atoms with E-state index >= 15 is 0 Å². The lowest BCUT2D eigenvalue weighted by Crippen LogP contribution is -2.37. The Morgan fingerprint density at radius 3 is 2.64 bits per heavy atom. The minimum Gasteiger partial charge on any atom is -0.466 e. The summed E-state index contributed by atoms with van der Waals surface area (Å²) in [4.78, 5) is 13.7. The van der Waals surface area contributed by atoms with Crippen molar-refractivity contribution in [2.45, 2.75) is 45.3 Å². The molecule has 2 rings (SSSR count). The smallest absolute Gasteiger partial charge is 0.305 e. The Kier molecular flexibility index (Phi) is 7.40. The molecular formula is C18H27NO3.